The number of nitrogen functional groups attached to an aromatic ring is 1. The van der Waals surface area contributed by atoms with E-state index in [2.05, 4.69) is 13.8 Å². The molecule has 0 aliphatic carbocycles. The third kappa shape index (κ3) is 3.18. The SMILES string of the molecule is CC(C)CN(C(=O)c1sc2ccc(F)cc2c1N)C(C)C. The highest BCUT2D eigenvalue weighted by Crippen LogP contribution is 2.35. The molecule has 1 heterocycles. The standard InChI is InChI=1S/C16H21FN2OS/c1-9(2)8-19(10(3)4)16(20)15-14(18)12-7-11(17)5-6-13(12)21-15/h5-7,9-10H,8,18H2,1-4H3. The molecule has 1 aromatic carbocycles. The molecule has 0 fully saturated rings. The first-order valence-corrected chi connectivity index (χ1v) is 7.91. The van der Waals surface area contributed by atoms with Gasteiger partial charge in [-0.15, -0.1) is 11.3 Å². The molecule has 0 saturated heterocycles. The molecule has 21 heavy (non-hydrogen) atoms. The zero-order valence-electron chi connectivity index (χ0n) is 12.8. The Labute approximate surface area is 128 Å². The Hall–Kier alpha value is -1.62. The maximum Gasteiger partial charge on any atom is 0.266 e. The normalized spacial score (nSPS) is 11.6. The zero-order chi connectivity index (χ0) is 15.7. The third-order valence-corrected chi connectivity index (χ3v) is 4.50. The molecule has 0 unspecified atom stereocenters. The highest BCUT2D eigenvalue weighted by Gasteiger charge is 2.24. The fourth-order valence-corrected chi connectivity index (χ4v) is 3.36. The Morgan fingerprint density at radius 3 is 2.57 bits per heavy atom. The minimum Gasteiger partial charge on any atom is -0.397 e. The summed E-state index contributed by atoms with van der Waals surface area (Å²) >= 11 is 1.33. The summed E-state index contributed by atoms with van der Waals surface area (Å²) in [4.78, 5) is 15.1. The van der Waals surface area contributed by atoms with Crippen LogP contribution in [-0.2, 0) is 0 Å². The van der Waals surface area contributed by atoms with Crippen LogP contribution in [0.3, 0.4) is 0 Å². The zero-order valence-corrected chi connectivity index (χ0v) is 13.6. The highest BCUT2D eigenvalue weighted by atomic mass is 32.1. The van der Waals surface area contributed by atoms with Gasteiger partial charge in [0, 0.05) is 22.7 Å². The van der Waals surface area contributed by atoms with Gasteiger partial charge in [0.25, 0.3) is 5.91 Å². The second-order valence-electron chi connectivity index (χ2n) is 5.93. The smallest absolute Gasteiger partial charge is 0.266 e. The van der Waals surface area contributed by atoms with Crippen LogP contribution >= 0.6 is 11.3 Å². The molecule has 0 atom stereocenters. The van der Waals surface area contributed by atoms with E-state index in [1.807, 2.05) is 18.7 Å². The number of hydrogen-bond donors (Lipinski definition) is 1. The highest BCUT2D eigenvalue weighted by molar-refractivity contribution is 7.21. The van der Waals surface area contributed by atoms with Gasteiger partial charge < -0.3 is 10.6 Å². The van der Waals surface area contributed by atoms with Crippen LogP contribution < -0.4 is 5.73 Å². The number of benzene rings is 1. The molecule has 114 valence electrons. The maximum atomic E-state index is 13.3. The summed E-state index contributed by atoms with van der Waals surface area (Å²) < 4.78 is 14.2. The molecule has 5 heteroatoms. The fraction of sp³-hybridized carbons (Fsp3) is 0.438. The molecule has 0 aliphatic heterocycles. The van der Waals surface area contributed by atoms with Gasteiger partial charge in [0.05, 0.1) is 5.69 Å². The minimum atomic E-state index is -0.339. The average molecular weight is 308 g/mol. The number of hydrogen-bond acceptors (Lipinski definition) is 3. The lowest BCUT2D eigenvalue weighted by Crippen LogP contribution is -2.39. The summed E-state index contributed by atoms with van der Waals surface area (Å²) in [5, 5.41) is 0.622. The molecule has 2 aromatic rings. The molecule has 0 saturated carbocycles. The largest absolute Gasteiger partial charge is 0.397 e. The van der Waals surface area contributed by atoms with Crippen molar-refractivity contribution in [3.8, 4) is 0 Å². The molecule has 0 bridgehead atoms. The van der Waals surface area contributed by atoms with Crippen LogP contribution in [0.25, 0.3) is 10.1 Å². The molecule has 3 nitrogen and oxygen atoms in total. The van der Waals surface area contributed by atoms with Crippen LogP contribution in [0.1, 0.15) is 37.4 Å². The van der Waals surface area contributed by atoms with Crippen molar-refractivity contribution in [2.45, 2.75) is 33.7 Å². The van der Waals surface area contributed by atoms with Crippen LogP contribution in [0.2, 0.25) is 0 Å². The van der Waals surface area contributed by atoms with E-state index in [0.717, 1.165) is 4.70 Å². The van der Waals surface area contributed by atoms with Crippen LogP contribution in [-0.4, -0.2) is 23.4 Å². The lowest BCUT2D eigenvalue weighted by molar-refractivity contribution is 0.0688. The maximum absolute atomic E-state index is 13.3. The Morgan fingerprint density at radius 2 is 2.00 bits per heavy atom. The first-order valence-electron chi connectivity index (χ1n) is 7.09. The molecule has 1 aromatic heterocycles. The lowest BCUT2D eigenvalue weighted by atomic mass is 10.1. The van der Waals surface area contributed by atoms with Crippen molar-refractivity contribution in [2.75, 3.05) is 12.3 Å². The van der Waals surface area contributed by atoms with Gasteiger partial charge in [0.15, 0.2) is 0 Å². The van der Waals surface area contributed by atoms with Crippen molar-refractivity contribution in [3.63, 3.8) is 0 Å². The second-order valence-corrected chi connectivity index (χ2v) is 6.98. The lowest BCUT2D eigenvalue weighted by Gasteiger charge is -2.28. The Kier molecular flexibility index (Phi) is 4.52. The molecule has 0 spiro atoms. The van der Waals surface area contributed by atoms with Crippen molar-refractivity contribution < 1.29 is 9.18 Å². The van der Waals surface area contributed by atoms with Crippen LogP contribution in [0.4, 0.5) is 10.1 Å². The van der Waals surface area contributed by atoms with E-state index < -0.39 is 0 Å². The van der Waals surface area contributed by atoms with E-state index >= 15 is 0 Å². The van der Waals surface area contributed by atoms with Crippen molar-refractivity contribution in [1.82, 2.24) is 4.90 Å². The number of nitrogens with zero attached hydrogens (tertiary/aromatic N) is 1. The summed E-state index contributed by atoms with van der Waals surface area (Å²) in [6.07, 6.45) is 0. The number of anilines is 1. The topological polar surface area (TPSA) is 46.3 Å². The number of fused-ring (bicyclic) bond motifs is 1. The van der Waals surface area contributed by atoms with Gasteiger partial charge in [-0.05, 0) is 38.0 Å². The number of nitrogens with two attached hydrogens (primary N) is 1. The molecule has 2 N–H and O–H groups in total. The van der Waals surface area contributed by atoms with Gasteiger partial charge in [-0.1, -0.05) is 13.8 Å². The van der Waals surface area contributed by atoms with E-state index in [1.165, 1.54) is 23.5 Å². The first kappa shape index (κ1) is 15.8. The quantitative estimate of drug-likeness (QED) is 0.923. The number of amides is 1. The van der Waals surface area contributed by atoms with Crippen molar-refractivity contribution >= 4 is 33.0 Å². The van der Waals surface area contributed by atoms with E-state index in [-0.39, 0.29) is 17.8 Å². The predicted molar refractivity (Wildman–Crippen MR) is 87.2 cm³/mol. The van der Waals surface area contributed by atoms with Crippen LogP contribution in [0.5, 0.6) is 0 Å². The molecule has 1 amide bonds. The molecular formula is C16H21FN2OS. The number of carbonyl (C=O) groups is 1. The predicted octanol–water partition coefficient (Wildman–Crippen LogP) is 4.13. The van der Waals surface area contributed by atoms with Gasteiger partial charge >= 0.3 is 0 Å². The van der Waals surface area contributed by atoms with Crippen LogP contribution in [0.15, 0.2) is 18.2 Å². The van der Waals surface area contributed by atoms with E-state index in [9.17, 15) is 9.18 Å². The third-order valence-electron chi connectivity index (χ3n) is 3.33. The summed E-state index contributed by atoms with van der Waals surface area (Å²) in [5.41, 5.74) is 6.46. The molecular weight excluding hydrogens is 287 g/mol. The second kappa shape index (κ2) is 6.02. The van der Waals surface area contributed by atoms with Gasteiger partial charge in [-0.2, -0.15) is 0 Å². The van der Waals surface area contributed by atoms with Crippen molar-refractivity contribution in [3.05, 3.63) is 28.9 Å². The fourth-order valence-electron chi connectivity index (χ4n) is 2.30. The summed E-state index contributed by atoms with van der Waals surface area (Å²) in [5.74, 6) is -0.0314. The average Bonchev–Trinajstić information content (AvgIpc) is 2.72. The monoisotopic (exact) mass is 308 g/mol. The van der Waals surface area contributed by atoms with Crippen molar-refractivity contribution in [2.24, 2.45) is 5.92 Å². The Bertz CT molecular complexity index is 664. The van der Waals surface area contributed by atoms with Crippen molar-refractivity contribution in [1.29, 1.82) is 0 Å². The van der Waals surface area contributed by atoms with Crippen LogP contribution in [0, 0.1) is 11.7 Å². The molecule has 2 rings (SSSR count). The summed E-state index contributed by atoms with van der Waals surface area (Å²) in [7, 11) is 0. The minimum absolute atomic E-state index is 0.0715. The number of thiophene rings is 1. The van der Waals surface area contributed by atoms with Gasteiger partial charge in [-0.25, -0.2) is 4.39 Å². The number of carbonyl (C=O) groups excluding carboxylic acids is 1. The molecule has 0 aliphatic rings. The number of rotatable bonds is 4. The Balaban J connectivity index is 2.44. The number of halogens is 1. The first-order chi connectivity index (χ1) is 9.81. The summed E-state index contributed by atoms with van der Waals surface area (Å²) in [6, 6.07) is 4.55. The van der Waals surface area contributed by atoms with E-state index in [0.29, 0.717) is 28.4 Å². The van der Waals surface area contributed by atoms with Gasteiger partial charge in [0.2, 0.25) is 0 Å². The Morgan fingerprint density at radius 1 is 1.33 bits per heavy atom. The van der Waals surface area contributed by atoms with Gasteiger partial charge in [-0.3, -0.25) is 4.79 Å². The van der Waals surface area contributed by atoms with E-state index in [1.54, 1.807) is 6.07 Å². The van der Waals surface area contributed by atoms with Gasteiger partial charge in [0.1, 0.15) is 10.7 Å². The summed E-state index contributed by atoms with van der Waals surface area (Å²) in [6.45, 7) is 8.81. The molecule has 0 radical (unpaired) electrons. The van der Waals surface area contributed by atoms with E-state index in [4.69, 9.17) is 5.73 Å².